The topological polar surface area (TPSA) is 120 Å². The number of carbonyl (C=O) groups is 4. The van der Waals surface area contributed by atoms with E-state index in [2.05, 4.69) is 10.1 Å². The molecule has 1 aliphatic heterocycles. The third-order valence-corrected chi connectivity index (χ3v) is 4.54. The van der Waals surface area contributed by atoms with Crippen LogP contribution in [-0.2, 0) is 35.1 Å². The van der Waals surface area contributed by atoms with Crippen LogP contribution in [-0.4, -0.2) is 67.0 Å². The number of rotatable bonds is 7. The van der Waals surface area contributed by atoms with Gasteiger partial charge in [0.05, 0.1) is 7.11 Å². The Morgan fingerprint density at radius 1 is 1.12 bits per heavy atom. The molecule has 1 aromatic carbocycles. The van der Waals surface area contributed by atoms with Gasteiger partial charge in [-0.1, -0.05) is 30.3 Å². The molecule has 32 heavy (non-hydrogen) atoms. The van der Waals surface area contributed by atoms with Gasteiger partial charge in [0.15, 0.2) is 6.04 Å². The molecule has 10 heteroatoms. The standard InChI is InChI=1S/C22H30N2O8/c1-22(2,3)32-21(28)24-12-8-11-17(24)19(26)30-14-16(18(25)29-4)23-20(27)31-13-15-9-6-5-7-10-15/h5-7,9-10,16-17H,8,11-14H2,1-4H3,(H,23,27)/t16-,17-/m0/s1. The predicted octanol–water partition coefficient (Wildman–Crippen LogP) is 2.40. The first-order chi connectivity index (χ1) is 15.1. The quantitative estimate of drug-likeness (QED) is 0.497. The van der Waals surface area contributed by atoms with Gasteiger partial charge < -0.3 is 24.3 Å². The average Bonchev–Trinajstić information content (AvgIpc) is 3.24. The number of likely N-dealkylation sites (tertiary alicyclic amines) is 1. The summed E-state index contributed by atoms with van der Waals surface area (Å²) in [4.78, 5) is 50.3. The van der Waals surface area contributed by atoms with E-state index in [-0.39, 0.29) is 6.61 Å². The first-order valence-electron chi connectivity index (χ1n) is 10.3. The van der Waals surface area contributed by atoms with Crippen molar-refractivity contribution in [2.45, 2.75) is 57.9 Å². The van der Waals surface area contributed by atoms with Crippen molar-refractivity contribution in [3.63, 3.8) is 0 Å². The highest BCUT2D eigenvalue weighted by molar-refractivity contribution is 5.84. The second kappa shape index (κ2) is 11.4. The van der Waals surface area contributed by atoms with Crippen molar-refractivity contribution in [2.75, 3.05) is 20.3 Å². The van der Waals surface area contributed by atoms with Crippen molar-refractivity contribution in [1.29, 1.82) is 0 Å². The molecular formula is C22H30N2O8. The number of hydrogen-bond acceptors (Lipinski definition) is 8. The molecule has 1 saturated heterocycles. The number of ether oxygens (including phenoxy) is 4. The molecule has 1 N–H and O–H groups in total. The number of esters is 2. The van der Waals surface area contributed by atoms with Crippen LogP contribution in [0.15, 0.2) is 30.3 Å². The normalized spacial score (nSPS) is 16.6. The lowest BCUT2D eigenvalue weighted by atomic mass is 10.2. The minimum absolute atomic E-state index is 0.00722. The molecule has 0 bridgehead atoms. The summed E-state index contributed by atoms with van der Waals surface area (Å²) < 4.78 is 20.3. The van der Waals surface area contributed by atoms with Crippen LogP contribution in [0.1, 0.15) is 39.2 Å². The average molecular weight is 450 g/mol. The third kappa shape index (κ3) is 7.75. The maximum Gasteiger partial charge on any atom is 0.411 e. The van der Waals surface area contributed by atoms with Crippen LogP contribution in [0.4, 0.5) is 9.59 Å². The number of amides is 2. The molecule has 10 nitrogen and oxygen atoms in total. The summed E-state index contributed by atoms with van der Waals surface area (Å²) in [5, 5.41) is 2.33. The lowest BCUT2D eigenvalue weighted by molar-refractivity contribution is -0.153. The van der Waals surface area contributed by atoms with Crippen LogP contribution < -0.4 is 5.32 Å². The van der Waals surface area contributed by atoms with Crippen LogP contribution in [0.3, 0.4) is 0 Å². The minimum atomic E-state index is -1.26. The van der Waals surface area contributed by atoms with E-state index in [1.807, 2.05) is 6.07 Å². The van der Waals surface area contributed by atoms with Crippen LogP contribution in [0, 0.1) is 0 Å². The number of benzene rings is 1. The van der Waals surface area contributed by atoms with Gasteiger partial charge in [-0.15, -0.1) is 0 Å². The summed E-state index contributed by atoms with van der Waals surface area (Å²) >= 11 is 0. The minimum Gasteiger partial charge on any atom is -0.467 e. The lowest BCUT2D eigenvalue weighted by Gasteiger charge is -2.27. The molecule has 2 amide bonds. The Hall–Kier alpha value is -3.30. The first kappa shape index (κ1) is 25.0. The number of methoxy groups -OCH3 is 1. The van der Waals surface area contributed by atoms with Gasteiger partial charge in [0.2, 0.25) is 0 Å². The van der Waals surface area contributed by atoms with Crippen molar-refractivity contribution < 1.29 is 38.1 Å². The molecule has 2 atom stereocenters. The van der Waals surface area contributed by atoms with Gasteiger partial charge >= 0.3 is 24.1 Å². The Morgan fingerprint density at radius 2 is 1.81 bits per heavy atom. The zero-order valence-corrected chi connectivity index (χ0v) is 18.8. The lowest BCUT2D eigenvalue weighted by Crippen LogP contribution is -2.48. The maximum atomic E-state index is 12.6. The zero-order valence-electron chi connectivity index (χ0n) is 18.8. The monoisotopic (exact) mass is 450 g/mol. The van der Waals surface area contributed by atoms with Gasteiger partial charge in [-0.05, 0) is 39.2 Å². The van der Waals surface area contributed by atoms with E-state index in [1.165, 1.54) is 4.90 Å². The highest BCUT2D eigenvalue weighted by atomic mass is 16.6. The summed E-state index contributed by atoms with van der Waals surface area (Å²) in [6.07, 6.45) is -0.447. The summed E-state index contributed by atoms with van der Waals surface area (Å²) in [6.45, 7) is 5.10. The van der Waals surface area contributed by atoms with E-state index < -0.39 is 48.4 Å². The van der Waals surface area contributed by atoms with E-state index in [9.17, 15) is 19.2 Å². The Labute approximate surface area is 187 Å². The van der Waals surface area contributed by atoms with Crippen molar-refractivity contribution in [2.24, 2.45) is 0 Å². The fourth-order valence-corrected chi connectivity index (χ4v) is 3.03. The maximum absolute atomic E-state index is 12.6. The predicted molar refractivity (Wildman–Crippen MR) is 112 cm³/mol. The molecule has 1 aliphatic rings. The van der Waals surface area contributed by atoms with Gasteiger partial charge in [-0.3, -0.25) is 4.90 Å². The fourth-order valence-electron chi connectivity index (χ4n) is 3.03. The zero-order chi connectivity index (χ0) is 23.7. The molecule has 1 heterocycles. The van der Waals surface area contributed by atoms with Crippen molar-refractivity contribution in [3.8, 4) is 0 Å². The van der Waals surface area contributed by atoms with Crippen LogP contribution in [0.5, 0.6) is 0 Å². The van der Waals surface area contributed by atoms with E-state index >= 15 is 0 Å². The number of hydrogen-bond donors (Lipinski definition) is 1. The highest BCUT2D eigenvalue weighted by Gasteiger charge is 2.38. The number of carbonyl (C=O) groups excluding carboxylic acids is 4. The summed E-state index contributed by atoms with van der Waals surface area (Å²) in [5.41, 5.74) is 0.0703. The van der Waals surface area contributed by atoms with E-state index in [0.29, 0.717) is 19.4 Å². The molecule has 0 radical (unpaired) electrons. The van der Waals surface area contributed by atoms with Crippen LogP contribution in [0.25, 0.3) is 0 Å². The van der Waals surface area contributed by atoms with Crippen molar-refractivity contribution in [1.82, 2.24) is 10.2 Å². The molecule has 1 fully saturated rings. The summed E-state index contributed by atoms with van der Waals surface area (Å²) in [7, 11) is 1.15. The molecular weight excluding hydrogens is 420 g/mol. The molecule has 1 aromatic rings. The Kier molecular flexibility index (Phi) is 8.86. The fraction of sp³-hybridized carbons (Fsp3) is 0.545. The van der Waals surface area contributed by atoms with Gasteiger partial charge in [0.25, 0.3) is 0 Å². The molecule has 0 aliphatic carbocycles. The second-order valence-corrected chi connectivity index (χ2v) is 8.24. The molecule has 0 spiro atoms. The summed E-state index contributed by atoms with van der Waals surface area (Å²) in [6, 6.07) is 6.92. The number of nitrogens with zero attached hydrogens (tertiary/aromatic N) is 1. The first-order valence-corrected chi connectivity index (χ1v) is 10.3. The molecule has 0 saturated carbocycles. The van der Waals surface area contributed by atoms with Crippen LogP contribution >= 0.6 is 0 Å². The highest BCUT2D eigenvalue weighted by Crippen LogP contribution is 2.22. The van der Waals surface area contributed by atoms with Gasteiger partial charge in [-0.25, -0.2) is 19.2 Å². The molecule has 0 unspecified atom stereocenters. The largest absolute Gasteiger partial charge is 0.467 e. The third-order valence-electron chi connectivity index (χ3n) is 4.54. The van der Waals surface area contributed by atoms with E-state index in [4.69, 9.17) is 14.2 Å². The molecule has 2 rings (SSSR count). The molecule has 0 aromatic heterocycles. The van der Waals surface area contributed by atoms with Gasteiger partial charge in [-0.2, -0.15) is 0 Å². The Bertz CT molecular complexity index is 806. The van der Waals surface area contributed by atoms with Crippen molar-refractivity contribution >= 4 is 24.1 Å². The SMILES string of the molecule is COC(=O)[C@H](COC(=O)[C@@H]1CCCN1C(=O)OC(C)(C)C)NC(=O)OCc1ccccc1. The van der Waals surface area contributed by atoms with Crippen molar-refractivity contribution in [3.05, 3.63) is 35.9 Å². The molecule has 176 valence electrons. The van der Waals surface area contributed by atoms with E-state index in [0.717, 1.165) is 12.7 Å². The Morgan fingerprint density at radius 3 is 2.44 bits per heavy atom. The summed E-state index contributed by atoms with van der Waals surface area (Å²) in [5.74, 6) is -1.49. The second-order valence-electron chi connectivity index (χ2n) is 8.24. The smallest absolute Gasteiger partial charge is 0.411 e. The Balaban J connectivity index is 1.90. The van der Waals surface area contributed by atoms with Gasteiger partial charge in [0, 0.05) is 6.54 Å². The van der Waals surface area contributed by atoms with Crippen LogP contribution in [0.2, 0.25) is 0 Å². The van der Waals surface area contributed by atoms with E-state index in [1.54, 1.807) is 45.0 Å². The number of alkyl carbamates (subject to hydrolysis) is 1. The van der Waals surface area contributed by atoms with Gasteiger partial charge in [0.1, 0.15) is 24.9 Å². The number of nitrogens with one attached hydrogen (secondary N) is 1.